The molecule has 0 unspecified atom stereocenters. The minimum atomic E-state index is -0.458. The molecule has 0 atom stereocenters. The van der Waals surface area contributed by atoms with Crippen molar-refractivity contribution in [1.82, 2.24) is 9.80 Å². The number of rotatable bonds is 7. The molecule has 9 heteroatoms. The van der Waals surface area contributed by atoms with Crippen molar-refractivity contribution >= 4 is 50.8 Å². The minimum absolute atomic E-state index is 0.187. The molecule has 2 heterocycles. The van der Waals surface area contributed by atoms with Crippen molar-refractivity contribution in [3.63, 3.8) is 0 Å². The standard InChI is InChI=1S/C26H27BrN2O5S/c1-17-8-4-5-9-19(17)16-34-24-20(27)12-18(13-21(24)33-2)14-22-25(31)29(26(32)35-22)15-23(30)28-10-6-3-7-11-28/h4-5,8-9,12-14H,3,6-7,10-11,15-16H2,1-2H3/b22-14-. The van der Waals surface area contributed by atoms with E-state index >= 15 is 0 Å². The number of benzene rings is 2. The Hall–Kier alpha value is -2.78. The van der Waals surface area contributed by atoms with Gasteiger partial charge < -0.3 is 14.4 Å². The molecule has 3 amide bonds. The van der Waals surface area contributed by atoms with Crippen LogP contribution in [0.3, 0.4) is 0 Å². The van der Waals surface area contributed by atoms with E-state index < -0.39 is 11.1 Å². The largest absolute Gasteiger partial charge is 0.493 e. The molecule has 0 bridgehead atoms. The fraction of sp³-hybridized carbons (Fsp3) is 0.346. The third-order valence-electron chi connectivity index (χ3n) is 6.06. The fourth-order valence-corrected chi connectivity index (χ4v) is 5.46. The SMILES string of the molecule is COc1cc(/C=C2\SC(=O)N(CC(=O)N3CCCCC3)C2=O)cc(Br)c1OCc1ccccc1C. The highest BCUT2D eigenvalue weighted by atomic mass is 79.9. The second-order valence-corrected chi connectivity index (χ2v) is 10.3. The van der Waals surface area contributed by atoms with Crippen LogP contribution in [0.4, 0.5) is 4.79 Å². The van der Waals surface area contributed by atoms with Gasteiger partial charge in [0.15, 0.2) is 11.5 Å². The fourth-order valence-electron chi connectivity index (χ4n) is 4.05. The Morgan fingerprint density at radius 3 is 2.60 bits per heavy atom. The summed E-state index contributed by atoms with van der Waals surface area (Å²) in [6.45, 7) is 3.54. The number of carbonyl (C=O) groups is 3. The van der Waals surface area contributed by atoms with Crippen molar-refractivity contribution in [2.45, 2.75) is 32.8 Å². The predicted molar refractivity (Wildman–Crippen MR) is 139 cm³/mol. The van der Waals surface area contributed by atoms with Crippen LogP contribution < -0.4 is 9.47 Å². The lowest BCUT2D eigenvalue weighted by Crippen LogP contribution is -2.44. The van der Waals surface area contributed by atoms with E-state index in [1.54, 1.807) is 24.2 Å². The second-order valence-electron chi connectivity index (χ2n) is 8.46. The first-order valence-electron chi connectivity index (χ1n) is 11.5. The number of imide groups is 1. The number of ether oxygens (including phenoxy) is 2. The molecule has 2 fully saturated rings. The second kappa shape index (κ2) is 11.3. The lowest BCUT2D eigenvalue weighted by atomic mass is 10.1. The summed E-state index contributed by atoms with van der Waals surface area (Å²) in [6.07, 6.45) is 4.64. The van der Waals surface area contributed by atoms with Gasteiger partial charge in [0.2, 0.25) is 5.91 Å². The Morgan fingerprint density at radius 1 is 1.14 bits per heavy atom. The summed E-state index contributed by atoms with van der Waals surface area (Å²) in [5, 5.41) is -0.434. The summed E-state index contributed by atoms with van der Waals surface area (Å²) >= 11 is 4.38. The Balaban J connectivity index is 1.49. The van der Waals surface area contributed by atoms with E-state index in [1.165, 1.54) is 0 Å². The van der Waals surface area contributed by atoms with Crippen LogP contribution in [0.5, 0.6) is 11.5 Å². The maximum atomic E-state index is 12.9. The molecule has 35 heavy (non-hydrogen) atoms. The number of carbonyl (C=O) groups excluding carboxylic acids is 3. The first kappa shape index (κ1) is 25.3. The number of hydrogen-bond donors (Lipinski definition) is 0. The van der Waals surface area contributed by atoms with Gasteiger partial charge in [0.05, 0.1) is 16.5 Å². The summed E-state index contributed by atoms with van der Waals surface area (Å²) in [5.74, 6) is 0.403. The van der Waals surface area contributed by atoms with Crippen LogP contribution in [0, 0.1) is 6.92 Å². The van der Waals surface area contributed by atoms with Crippen molar-refractivity contribution in [2.75, 3.05) is 26.7 Å². The van der Waals surface area contributed by atoms with Gasteiger partial charge >= 0.3 is 0 Å². The number of halogens is 1. The van der Waals surface area contributed by atoms with Crippen LogP contribution in [0.2, 0.25) is 0 Å². The van der Waals surface area contributed by atoms with Crippen molar-refractivity contribution in [1.29, 1.82) is 0 Å². The van der Waals surface area contributed by atoms with Gasteiger partial charge in [0, 0.05) is 13.1 Å². The van der Waals surface area contributed by atoms with Crippen molar-refractivity contribution in [3.8, 4) is 11.5 Å². The van der Waals surface area contributed by atoms with Gasteiger partial charge in [-0.2, -0.15) is 0 Å². The highest BCUT2D eigenvalue weighted by molar-refractivity contribution is 9.10. The zero-order valence-electron chi connectivity index (χ0n) is 19.7. The third-order valence-corrected chi connectivity index (χ3v) is 7.55. The summed E-state index contributed by atoms with van der Waals surface area (Å²) in [4.78, 5) is 41.0. The van der Waals surface area contributed by atoms with Crippen molar-refractivity contribution in [3.05, 3.63) is 62.5 Å². The minimum Gasteiger partial charge on any atom is -0.493 e. The van der Waals surface area contributed by atoms with Gasteiger partial charge in [-0.15, -0.1) is 0 Å². The lowest BCUT2D eigenvalue weighted by Gasteiger charge is -2.27. The Morgan fingerprint density at radius 2 is 1.89 bits per heavy atom. The van der Waals surface area contributed by atoms with E-state index in [1.807, 2.05) is 37.3 Å². The van der Waals surface area contributed by atoms with E-state index in [2.05, 4.69) is 15.9 Å². The average molecular weight is 559 g/mol. The van der Waals surface area contributed by atoms with Crippen molar-refractivity contribution < 1.29 is 23.9 Å². The average Bonchev–Trinajstić information content (AvgIpc) is 3.11. The Bertz CT molecular complexity index is 1180. The number of aryl methyl sites for hydroxylation is 1. The normalized spacial score (nSPS) is 17.3. The van der Waals surface area contributed by atoms with Crippen LogP contribution in [-0.4, -0.2) is 53.6 Å². The zero-order chi connectivity index (χ0) is 24.9. The van der Waals surface area contributed by atoms with Crippen LogP contribution >= 0.6 is 27.7 Å². The summed E-state index contributed by atoms with van der Waals surface area (Å²) < 4.78 is 12.2. The maximum absolute atomic E-state index is 12.9. The van der Waals surface area contributed by atoms with E-state index in [0.717, 1.165) is 47.1 Å². The van der Waals surface area contributed by atoms with Gasteiger partial charge in [-0.1, -0.05) is 24.3 Å². The molecule has 0 radical (unpaired) electrons. The maximum Gasteiger partial charge on any atom is 0.294 e. The smallest absolute Gasteiger partial charge is 0.294 e. The molecule has 2 saturated heterocycles. The van der Waals surface area contributed by atoms with E-state index in [9.17, 15) is 14.4 Å². The molecule has 4 rings (SSSR count). The Labute approximate surface area is 217 Å². The quantitative estimate of drug-likeness (QED) is 0.424. The number of methoxy groups -OCH3 is 1. The number of hydrogen-bond acceptors (Lipinski definition) is 6. The third kappa shape index (κ3) is 5.90. The van der Waals surface area contributed by atoms with Gasteiger partial charge in [0.25, 0.3) is 11.1 Å². The first-order valence-corrected chi connectivity index (χ1v) is 13.1. The van der Waals surface area contributed by atoms with Gasteiger partial charge in [-0.3, -0.25) is 19.3 Å². The molecular formula is C26H27BrN2O5S. The summed E-state index contributed by atoms with van der Waals surface area (Å²) in [7, 11) is 1.55. The molecule has 2 aromatic rings. The molecule has 0 saturated carbocycles. The Kier molecular flexibility index (Phi) is 8.18. The topological polar surface area (TPSA) is 76.2 Å². The van der Waals surface area contributed by atoms with Crippen LogP contribution in [-0.2, 0) is 16.2 Å². The summed E-state index contributed by atoms with van der Waals surface area (Å²) in [6, 6.07) is 11.6. The molecule has 184 valence electrons. The molecule has 0 aliphatic carbocycles. The van der Waals surface area contributed by atoms with Crippen molar-refractivity contribution in [2.24, 2.45) is 0 Å². The highest BCUT2D eigenvalue weighted by Gasteiger charge is 2.37. The molecular weight excluding hydrogens is 532 g/mol. The van der Waals surface area contributed by atoms with Crippen LogP contribution in [0.1, 0.15) is 36.0 Å². The molecule has 0 aromatic heterocycles. The van der Waals surface area contributed by atoms with Gasteiger partial charge in [-0.25, -0.2) is 0 Å². The number of piperidine rings is 1. The molecule has 2 aliphatic rings. The number of amides is 3. The first-order chi connectivity index (χ1) is 16.9. The molecule has 0 spiro atoms. The summed E-state index contributed by atoms with van der Waals surface area (Å²) in [5.41, 5.74) is 2.87. The van der Waals surface area contributed by atoms with E-state index in [0.29, 0.717) is 41.2 Å². The monoisotopic (exact) mass is 558 g/mol. The van der Waals surface area contributed by atoms with E-state index in [-0.39, 0.29) is 17.4 Å². The highest BCUT2D eigenvalue weighted by Crippen LogP contribution is 2.39. The molecule has 0 N–H and O–H groups in total. The molecule has 2 aromatic carbocycles. The molecule has 7 nitrogen and oxygen atoms in total. The van der Waals surface area contributed by atoms with Crippen LogP contribution in [0.25, 0.3) is 6.08 Å². The van der Waals surface area contributed by atoms with Gasteiger partial charge in [-0.05, 0) is 88.8 Å². The number of nitrogens with zero attached hydrogens (tertiary/aromatic N) is 2. The lowest BCUT2D eigenvalue weighted by molar-refractivity contribution is -0.136. The van der Waals surface area contributed by atoms with Gasteiger partial charge in [0.1, 0.15) is 13.2 Å². The zero-order valence-corrected chi connectivity index (χ0v) is 22.1. The number of thioether (sulfide) groups is 1. The van der Waals surface area contributed by atoms with E-state index in [4.69, 9.17) is 9.47 Å². The molecule has 2 aliphatic heterocycles. The number of likely N-dealkylation sites (tertiary alicyclic amines) is 1. The van der Waals surface area contributed by atoms with Crippen LogP contribution in [0.15, 0.2) is 45.8 Å². The predicted octanol–water partition coefficient (Wildman–Crippen LogP) is 5.39.